The first kappa shape index (κ1) is 17.3. The molecule has 1 unspecified atom stereocenters. The Morgan fingerprint density at radius 1 is 1.16 bits per heavy atom. The van der Waals surface area contributed by atoms with Gasteiger partial charge in [-0.05, 0) is 49.9 Å². The Morgan fingerprint density at radius 3 is 2.44 bits per heavy atom. The van der Waals surface area contributed by atoms with Crippen molar-refractivity contribution >= 4 is 11.5 Å². The number of hydrogen-bond acceptors (Lipinski definition) is 3. The molecule has 1 fully saturated rings. The van der Waals surface area contributed by atoms with Crippen molar-refractivity contribution in [2.75, 3.05) is 5.32 Å². The van der Waals surface area contributed by atoms with Crippen LogP contribution in [0, 0.1) is 12.8 Å². The van der Waals surface area contributed by atoms with Gasteiger partial charge in [0.1, 0.15) is 5.75 Å². The third-order valence-corrected chi connectivity index (χ3v) is 4.10. The number of carbonyl (C=O) groups is 1. The van der Waals surface area contributed by atoms with Crippen molar-refractivity contribution < 1.29 is 22.7 Å². The molecule has 1 aliphatic rings. The van der Waals surface area contributed by atoms with Crippen LogP contribution in [0.1, 0.15) is 28.8 Å². The predicted molar refractivity (Wildman–Crippen MR) is 88.8 cm³/mol. The number of Topliss-reactive ketones (excluding diaryl/α,β-unsaturated/α-hetero) is 1. The van der Waals surface area contributed by atoms with E-state index in [9.17, 15) is 18.0 Å². The third kappa shape index (κ3) is 4.75. The van der Waals surface area contributed by atoms with Gasteiger partial charge in [0.05, 0.1) is 6.04 Å². The monoisotopic (exact) mass is 349 g/mol. The number of ether oxygens (including phenoxy) is 1. The standard InChI is InChI=1S/C19H18F3NO2/c1-12-5-9-15(10-6-12)23-17(13-7-8-13)18(24)14-3-2-4-16(11-14)25-19(20,21)22/h2-6,9-11,13,17,23H,7-8H2,1H3. The first-order chi connectivity index (χ1) is 11.8. The van der Waals surface area contributed by atoms with Crippen molar-refractivity contribution in [1.82, 2.24) is 0 Å². The fraction of sp³-hybridized carbons (Fsp3) is 0.316. The van der Waals surface area contributed by atoms with E-state index >= 15 is 0 Å². The lowest BCUT2D eigenvalue weighted by atomic mass is 9.99. The molecule has 132 valence electrons. The zero-order valence-electron chi connectivity index (χ0n) is 13.6. The van der Waals surface area contributed by atoms with E-state index in [0.29, 0.717) is 0 Å². The van der Waals surface area contributed by atoms with Gasteiger partial charge in [0.25, 0.3) is 0 Å². The van der Waals surface area contributed by atoms with Crippen LogP contribution in [-0.2, 0) is 0 Å². The number of anilines is 1. The minimum absolute atomic E-state index is 0.195. The van der Waals surface area contributed by atoms with E-state index in [2.05, 4.69) is 10.1 Å². The minimum atomic E-state index is -4.78. The molecule has 0 amide bonds. The molecule has 1 atom stereocenters. The summed E-state index contributed by atoms with van der Waals surface area (Å²) in [5, 5.41) is 3.22. The summed E-state index contributed by atoms with van der Waals surface area (Å²) in [7, 11) is 0. The van der Waals surface area contributed by atoms with Crippen LogP contribution < -0.4 is 10.1 Å². The molecular formula is C19H18F3NO2. The molecule has 3 rings (SSSR count). The topological polar surface area (TPSA) is 38.3 Å². The van der Waals surface area contributed by atoms with E-state index in [1.807, 2.05) is 31.2 Å². The number of nitrogens with one attached hydrogen (secondary N) is 1. The van der Waals surface area contributed by atoms with Gasteiger partial charge < -0.3 is 10.1 Å². The van der Waals surface area contributed by atoms with Crippen LogP contribution in [0.15, 0.2) is 48.5 Å². The number of benzene rings is 2. The highest BCUT2D eigenvalue weighted by Gasteiger charge is 2.37. The number of halogens is 3. The van der Waals surface area contributed by atoms with Crippen LogP contribution >= 0.6 is 0 Å². The van der Waals surface area contributed by atoms with Crippen LogP contribution in [-0.4, -0.2) is 18.2 Å². The Hall–Kier alpha value is -2.50. The number of hydrogen-bond donors (Lipinski definition) is 1. The molecule has 6 heteroatoms. The molecule has 0 saturated heterocycles. The summed E-state index contributed by atoms with van der Waals surface area (Å²) in [5.74, 6) is -0.417. The van der Waals surface area contributed by atoms with Crippen LogP contribution in [0.4, 0.5) is 18.9 Å². The van der Waals surface area contributed by atoms with Gasteiger partial charge in [0.2, 0.25) is 0 Å². The maximum Gasteiger partial charge on any atom is 0.573 e. The lowest BCUT2D eigenvalue weighted by Gasteiger charge is -2.19. The molecule has 25 heavy (non-hydrogen) atoms. The van der Waals surface area contributed by atoms with E-state index in [1.54, 1.807) is 0 Å². The summed E-state index contributed by atoms with van der Waals surface area (Å²) in [4.78, 5) is 12.8. The first-order valence-electron chi connectivity index (χ1n) is 8.05. The lowest BCUT2D eigenvalue weighted by molar-refractivity contribution is -0.274. The van der Waals surface area contributed by atoms with E-state index in [4.69, 9.17) is 0 Å². The normalized spacial score (nSPS) is 15.5. The van der Waals surface area contributed by atoms with Gasteiger partial charge in [-0.25, -0.2) is 0 Å². The zero-order valence-corrected chi connectivity index (χ0v) is 13.6. The summed E-state index contributed by atoms with van der Waals surface area (Å²) < 4.78 is 41.0. The maximum atomic E-state index is 12.8. The van der Waals surface area contributed by atoms with Crippen LogP contribution in [0.25, 0.3) is 0 Å². The second-order valence-corrected chi connectivity index (χ2v) is 6.27. The second kappa shape index (κ2) is 6.78. The molecule has 0 aromatic heterocycles. The van der Waals surface area contributed by atoms with E-state index in [-0.39, 0.29) is 23.0 Å². The molecular weight excluding hydrogens is 331 g/mol. The van der Waals surface area contributed by atoms with Gasteiger partial charge in [-0.1, -0.05) is 29.8 Å². The summed E-state index contributed by atoms with van der Waals surface area (Å²) in [5.41, 5.74) is 2.13. The average molecular weight is 349 g/mol. The Labute approximate surface area is 143 Å². The van der Waals surface area contributed by atoms with Crippen molar-refractivity contribution in [3.8, 4) is 5.75 Å². The highest BCUT2D eigenvalue weighted by Crippen LogP contribution is 2.36. The van der Waals surface area contributed by atoms with Crippen molar-refractivity contribution in [3.05, 3.63) is 59.7 Å². The van der Waals surface area contributed by atoms with Gasteiger partial charge in [-0.2, -0.15) is 0 Å². The molecule has 0 spiro atoms. The number of rotatable bonds is 6. The molecule has 0 heterocycles. The van der Waals surface area contributed by atoms with Gasteiger partial charge >= 0.3 is 6.36 Å². The third-order valence-electron chi connectivity index (χ3n) is 4.10. The van der Waals surface area contributed by atoms with Crippen molar-refractivity contribution in [2.45, 2.75) is 32.2 Å². The van der Waals surface area contributed by atoms with Gasteiger partial charge in [0.15, 0.2) is 5.78 Å². The molecule has 1 saturated carbocycles. The number of aryl methyl sites for hydroxylation is 1. The summed E-state index contributed by atoms with van der Waals surface area (Å²) >= 11 is 0. The number of alkyl halides is 3. The highest BCUT2D eigenvalue weighted by molar-refractivity contribution is 6.02. The molecule has 2 aromatic carbocycles. The smallest absolute Gasteiger partial charge is 0.406 e. The molecule has 0 radical (unpaired) electrons. The second-order valence-electron chi connectivity index (χ2n) is 6.27. The van der Waals surface area contributed by atoms with Gasteiger partial charge in [-0.15, -0.1) is 13.2 Å². The number of carbonyl (C=O) groups excluding carboxylic acids is 1. The molecule has 1 aliphatic carbocycles. The first-order valence-corrected chi connectivity index (χ1v) is 8.05. The molecule has 2 aromatic rings. The van der Waals surface area contributed by atoms with Crippen LogP contribution in [0.2, 0.25) is 0 Å². The van der Waals surface area contributed by atoms with Crippen molar-refractivity contribution in [1.29, 1.82) is 0 Å². The predicted octanol–water partition coefficient (Wildman–Crippen LogP) is 4.97. The van der Waals surface area contributed by atoms with Crippen LogP contribution in [0.3, 0.4) is 0 Å². The minimum Gasteiger partial charge on any atom is -0.406 e. The fourth-order valence-electron chi connectivity index (χ4n) is 2.68. The Kier molecular flexibility index (Phi) is 4.70. The molecule has 0 bridgehead atoms. The summed E-state index contributed by atoms with van der Waals surface area (Å²) in [6.45, 7) is 1.97. The average Bonchev–Trinajstić information content (AvgIpc) is 3.37. The lowest BCUT2D eigenvalue weighted by Crippen LogP contribution is -2.31. The zero-order chi connectivity index (χ0) is 18.0. The highest BCUT2D eigenvalue weighted by atomic mass is 19.4. The van der Waals surface area contributed by atoms with Gasteiger partial charge in [0, 0.05) is 11.3 Å². The Balaban J connectivity index is 1.79. The maximum absolute atomic E-state index is 12.8. The quantitative estimate of drug-likeness (QED) is 0.749. The Bertz CT molecular complexity index is 752. The molecule has 3 nitrogen and oxygen atoms in total. The SMILES string of the molecule is Cc1ccc(NC(C(=O)c2cccc(OC(F)(F)F)c2)C2CC2)cc1. The fourth-order valence-corrected chi connectivity index (χ4v) is 2.68. The van der Waals surface area contributed by atoms with E-state index < -0.39 is 12.4 Å². The van der Waals surface area contributed by atoms with Crippen molar-refractivity contribution in [2.24, 2.45) is 5.92 Å². The molecule has 0 aliphatic heterocycles. The van der Waals surface area contributed by atoms with Gasteiger partial charge in [-0.3, -0.25) is 4.79 Å². The van der Waals surface area contributed by atoms with Crippen molar-refractivity contribution in [3.63, 3.8) is 0 Å². The largest absolute Gasteiger partial charge is 0.573 e. The van der Waals surface area contributed by atoms with Crippen LogP contribution in [0.5, 0.6) is 5.75 Å². The Morgan fingerprint density at radius 2 is 1.84 bits per heavy atom. The van der Waals surface area contributed by atoms with E-state index in [0.717, 1.165) is 30.2 Å². The summed E-state index contributed by atoms with van der Waals surface area (Å²) in [6, 6.07) is 12.4. The summed E-state index contributed by atoms with van der Waals surface area (Å²) in [6.07, 6.45) is -2.93. The molecule has 1 N–H and O–H groups in total. The number of ketones is 1. The van der Waals surface area contributed by atoms with E-state index in [1.165, 1.54) is 18.2 Å².